The van der Waals surface area contributed by atoms with Gasteiger partial charge in [0.05, 0.1) is 104 Å². The maximum atomic E-state index is 11.7. The number of carbonyl (C=O) groups excluding carboxylic acids is 11. The summed E-state index contributed by atoms with van der Waals surface area (Å²) in [5.41, 5.74) is 13.2. The molecule has 782 valence electrons. The largest absolute Gasteiger partial charge is 0.501 e. The van der Waals surface area contributed by atoms with Gasteiger partial charge in [-0.3, -0.25) is 48.5 Å². The lowest BCUT2D eigenvalue weighted by atomic mass is 9.63. The zero-order valence-corrected chi connectivity index (χ0v) is 86.8. The Bertz CT molecular complexity index is 6080. The van der Waals surface area contributed by atoms with Gasteiger partial charge in [-0.05, 0) is 252 Å². The molecule has 26 bridgehead atoms. The van der Waals surface area contributed by atoms with E-state index in [0.29, 0.717) is 123 Å². The Kier molecular flexibility index (Phi) is 32.0. The van der Waals surface area contributed by atoms with Crippen LogP contribution in [0, 0.1) is 152 Å². The van der Waals surface area contributed by atoms with Crippen molar-refractivity contribution >= 4 is 70.4 Å². The van der Waals surface area contributed by atoms with Gasteiger partial charge < -0.3 is 47.4 Å². The molecule has 0 aromatic heterocycles. The lowest BCUT2D eigenvalue weighted by Crippen LogP contribution is -2.41. The number of fused-ring (bicyclic) bond motifs is 41. The molecule has 27 aliphatic rings. The number of ketones is 5. The number of allylic oxidation sites excluding steroid dienone is 23. The van der Waals surface area contributed by atoms with E-state index in [4.69, 9.17) is 42.6 Å². The monoisotopic (exact) mass is 2020 g/mol. The summed E-state index contributed by atoms with van der Waals surface area (Å²) in [6, 6.07) is 26.5. The average molecular weight is 2020 g/mol. The molecule has 2 heterocycles. The third kappa shape index (κ3) is 21.3. The van der Waals surface area contributed by atoms with Crippen molar-refractivity contribution in [3.63, 3.8) is 0 Å². The van der Waals surface area contributed by atoms with E-state index in [1.54, 1.807) is 51.5 Å². The van der Waals surface area contributed by atoms with E-state index in [1.165, 1.54) is 140 Å². The second-order valence-corrected chi connectivity index (χ2v) is 44.5. The zero-order chi connectivity index (χ0) is 104. The van der Waals surface area contributed by atoms with Crippen LogP contribution >= 0.6 is 0 Å². The van der Waals surface area contributed by atoms with Crippen molar-refractivity contribution in [1.82, 2.24) is 0 Å². The maximum Gasteiger partial charge on any atom is 0.334 e. The number of non-ortho nitro benzene ring substituents is 1. The molecular formula is C125H139NO23. The number of rotatable bonds is 11. The molecule has 9 fully saturated rings. The van der Waals surface area contributed by atoms with Crippen molar-refractivity contribution < 1.29 is 105 Å². The molecule has 24 heteroatoms. The summed E-state index contributed by atoms with van der Waals surface area (Å²) in [7, 11) is 13.6. The number of hydrogen-bond acceptors (Lipinski definition) is 23. The summed E-state index contributed by atoms with van der Waals surface area (Å²) in [4.78, 5) is 133. The number of methoxy groups -OCH3 is 9. The smallest absolute Gasteiger partial charge is 0.334 e. The standard InChI is InChI=1S/C13H14O4.C13H14O2.C11H9NO2.C11H14O4.C11H10.C10H8O.2C9H12O2.C9H12O.C8H12O.C7H6O2.2C7H8O/c1-16-12(14)10-8-6-3-4-7(5-6)9(8)11(10)13(15)17-2;1-14-10-5-6-11(15-2)13-9-4-3-8(7-9)12(10)13;13-12(14)9-3-4-10-7-1-2-8(5-7)11(10)6-9;1-14-10(12)8-6-3-4-7(5-6)9(8)11(13)15-2;1-2-4-11-9-6-5-8(7-9)10(11)3-1;1-2-4-8-7(3-1)9-5-6-10(8)11-9;2*1-11-9(10)8-5-6-2-3-7(8)4-6;1-6(10)9-5-7-2-3-8(9)4-7;1-9-8-5-6-2-3-7(8)4-6;8-6-4-1-2-5(3-4)7(6)9;8-7-4-5-1-2-6(7)3-5;8-7-5-1-2-6(7)4-3-5/h3-4,6-9H,5H2,1-2H3;3-6,8-9H,7H2,1-2H3;1-4,6-8H,5H2;3-4,6-9H,5H2,1-2H3;1-6,8-9H,7H2;1-6,9-10H;5-7H,2-4H2,1H3;2-3,6-8H,4-5H2,1H3;2-3,7-9H,4-5H2,1H3;5-7H,2-4H2,1H3;1-2,4-5H,3H2;2*1-2,5-6H,3-4H2. The van der Waals surface area contributed by atoms with E-state index in [0.717, 1.165) is 116 Å². The molecule has 32 atom stereocenters. The van der Waals surface area contributed by atoms with Crippen LogP contribution in [-0.4, -0.2) is 134 Å². The van der Waals surface area contributed by atoms with Crippen LogP contribution < -0.4 is 9.47 Å². The van der Waals surface area contributed by atoms with Gasteiger partial charge in [0, 0.05) is 124 Å². The van der Waals surface area contributed by atoms with Crippen LogP contribution in [0.3, 0.4) is 0 Å². The Hall–Kier alpha value is -12.8. The first-order valence-corrected chi connectivity index (χ1v) is 53.9. The number of nitro benzene ring substituents is 1. The molecule has 2 aliphatic heterocycles. The molecule has 4 aromatic rings. The van der Waals surface area contributed by atoms with Crippen molar-refractivity contribution in [2.45, 2.75) is 183 Å². The Balaban J connectivity index is 0.000000102. The quantitative estimate of drug-likeness (QED) is 0.0336. The van der Waals surface area contributed by atoms with Gasteiger partial charge in [-0.2, -0.15) is 0 Å². The topological polar surface area (TPSA) is 323 Å². The first-order valence-electron chi connectivity index (χ1n) is 53.9. The first-order chi connectivity index (χ1) is 72.2. The third-order valence-electron chi connectivity index (χ3n) is 36.5. The Morgan fingerprint density at radius 3 is 1.11 bits per heavy atom. The molecule has 0 spiro atoms. The average Bonchev–Trinajstić information content (AvgIpc) is 1.54. The minimum atomic E-state index is -0.382. The molecular weight excluding hydrogens is 1880 g/mol. The summed E-state index contributed by atoms with van der Waals surface area (Å²) in [5.74, 6) is 14.3. The third-order valence-corrected chi connectivity index (χ3v) is 36.5. The lowest BCUT2D eigenvalue weighted by molar-refractivity contribution is -0.384. The summed E-state index contributed by atoms with van der Waals surface area (Å²) in [6.45, 7) is 1.72. The molecule has 4 aromatic carbocycles. The predicted molar refractivity (Wildman–Crippen MR) is 558 cm³/mol. The minimum Gasteiger partial charge on any atom is -0.501 e. The van der Waals surface area contributed by atoms with E-state index in [2.05, 4.69) is 175 Å². The lowest BCUT2D eigenvalue weighted by Gasteiger charge is -2.40. The number of ether oxygens (including phenoxy) is 10. The Morgan fingerprint density at radius 2 is 0.758 bits per heavy atom. The molecule has 24 nitrogen and oxygen atoms in total. The van der Waals surface area contributed by atoms with Crippen LogP contribution in [0.1, 0.15) is 228 Å². The van der Waals surface area contributed by atoms with E-state index >= 15 is 0 Å². The maximum absolute atomic E-state index is 11.7. The van der Waals surface area contributed by atoms with Crippen LogP contribution in [0.2, 0.25) is 0 Å². The number of benzene rings is 4. The highest BCUT2D eigenvalue weighted by Crippen LogP contribution is 2.63. The second-order valence-electron chi connectivity index (χ2n) is 44.5. The van der Waals surface area contributed by atoms with Crippen molar-refractivity contribution in [2.75, 3.05) is 64.0 Å². The van der Waals surface area contributed by atoms with Gasteiger partial charge in [-0.15, -0.1) is 0 Å². The van der Waals surface area contributed by atoms with Crippen molar-refractivity contribution in [1.29, 1.82) is 0 Å². The summed E-state index contributed by atoms with van der Waals surface area (Å²) in [5, 5.41) is 10.6. The van der Waals surface area contributed by atoms with Gasteiger partial charge in [-0.1, -0.05) is 194 Å². The van der Waals surface area contributed by atoms with Crippen molar-refractivity contribution in [3.8, 4) is 11.5 Å². The normalized spacial score (nSPS) is 34.9. The van der Waals surface area contributed by atoms with Crippen LogP contribution in [0.15, 0.2) is 247 Å². The van der Waals surface area contributed by atoms with Crippen LogP contribution in [0.4, 0.5) is 5.69 Å². The molecule has 31 rings (SSSR count). The van der Waals surface area contributed by atoms with Gasteiger partial charge in [0.2, 0.25) is 11.6 Å². The summed E-state index contributed by atoms with van der Waals surface area (Å²) < 4.78 is 50.1. The molecule has 0 radical (unpaired) electrons. The number of nitro groups is 1. The van der Waals surface area contributed by atoms with Crippen LogP contribution in [0.5, 0.6) is 11.5 Å². The fourth-order valence-corrected chi connectivity index (χ4v) is 29.1. The second kappa shape index (κ2) is 45.5. The van der Waals surface area contributed by atoms with Gasteiger partial charge >= 0.3 is 35.8 Å². The highest BCUT2D eigenvalue weighted by molar-refractivity contribution is 6.42. The Labute approximate surface area is 872 Å². The van der Waals surface area contributed by atoms with Gasteiger partial charge in [-0.25, -0.2) is 14.4 Å². The fraction of sp³-hybridized carbons (Fsp3) is 0.496. The number of carbonyl (C=O) groups is 11. The van der Waals surface area contributed by atoms with E-state index in [1.807, 2.05) is 42.5 Å². The Morgan fingerprint density at radius 1 is 0.336 bits per heavy atom. The molecule has 9 saturated carbocycles. The number of Topliss-reactive ketones (excluding diaryl/α,β-unsaturated/α-hetero) is 5. The molecule has 149 heavy (non-hydrogen) atoms. The number of hydrogen-bond donors (Lipinski definition) is 0. The van der Waals surface area contributed by atoms with E-state index in [-0.39, 0.29) is 123 Å². The van der Waals surface area contributed by atoms with E-state index < -0.39 is 0 Å². The highest BCUT2D eigenvalue weighted by atomic mass is 16.6. The molecule has 0 amide bonds. The first kappa shape index (κ1) is 105. The number of esters is 6. The summed E-state index contributed by atoms with van der Waals surface area (Å²) in [6.07, 6.45) is 74.8. The molecule has 0 saturated heterocycles. The highest BCUT2D eigenvalue weighted by Gasteiger charge is 2.60. The minimum absolute atomic E-state index is 0.0261. The summed E-state index contributed by atoms with van der Waals surface area (Å²) >= 11 is 0. The zero-order valence-electron chi connectivity index (χ0n) is 86.8. The van der Waals surface area contributed by atoms with Crippen molar-refractivity contribution in [3.05, 3.63) is 302 Å². The molecule has 25 aliphatic carbocycles. The molecule has 32 unspecified atom stereocenters. The van der Waals surface area contributed by atoms with Crippen LogP contribution in [-0.2, 0) is 90.6 Å². The van der Waals surface area contributed by atoms with Gasteiger partial charge in [0.15, 0.2) is 0 Å². The van der Waals surface area contributed by atoms with Gasteiger partial charge in [0.25, 0.3) is 5.69 Å². The van der Waals surface area contributed by atoms with E-state index in [9.17, 15) is 62.9 Å². The number of nitrogens with zero attached hydrogens (tertiary/aromatic N) is 1. The van der Waals surface area contributed by atoms with Gasteiger partial charge in [0.1, 0.15) is 41.1 Å². The predicted octanol–water partition coefficient (Wildman–Crippen LogP) is 21.9. The SMILES string of the molecule is C1=CC2CC1c1ccccc12.C1=CC2OC1c1ccccc12.CC(=O)C1CC2C=CC1C2.COC(=O)C1=C(C(=O)OC)C2C3C=CC(C3)C12.COC(=O)C1=CC2CCC1C2.COC(=O)C1C2C=CC(C2)C1C(=O)OC.COC(=O)C1CC2C=CC1C2.COC1=CC2CCC1C2.COc1ccc(OC)c2c1C1C=CC2C1.O=C1C(=O)C2C=CC1C2.O=C1C2C=CC1CC2.O=C1CC2C=CC1C2.O=[N+]([O-])c1ccc2c(c1)C1C=CC2C1. The van der Waals surface area contributed by atoms with Crippen molar-refractivity contribution in [2.24, 2.45) is 142 Å². The fourth-order valence-electron chi connectivity index (χ4n) is 29.1. The molecule has 0 N–H and O–H groups in total. The van der Waals surface area contributed by atoms with Crippen LogP contribution in [0.25, 0.3) is 0 Å².